The zero-order valence-corrected chi connectivity index (χ0v) is 17.0. The average Bonchev–Trinajstić information content (AvgIpc) is 2.80. The van der Waals surface area contributed by atoms with Crippen LogP contribution in [-0.4, -0.2) is 28.9 Å². The predicted octanol–water partition coefficient (Wildman–Crippen LogP) is 3.41. The topological polar surface area (TPSA) is 95.5 Å². The minimum absolute atomic E-state index is 0.0678. The third kappa shape index (κ3) is 6.37. The third-order valence-electron chi connectivity index (χ3n) is 4.60. The lowest BCUT2D eigenvalue weighted by atomic mass is 10.1. The van der Waals surface area contributed by atoms with Gasteiger partial charge in [0.15, 0.2) is 0 Å². The molecule has 0 aliphatic heterocycles. The van der Waals surface area contributed by atoms with Crippen molar-refractivity contribution in [2.24, 2.45) is 0 Å². The molecule has 3 aromatic rings. The van der Waals surface area contributed by atoms with Crippen LogP contribution >= 0.6 is 0 Å². The van der Waals surface area contributed by atoms with E-state index < -0.39 is 29.6 Å². The van der Waals surface area contributed by atoms with Gasteiger partial charge in [0.05, 0.1) is 0 Å². The maximum absolute atomic E-state index is 13.2. The van der Waals surface area contributed by atoms with Gasteiger partial charge in [0.2, 0.25) is 0 Å². The Labute approximate surface area is 184 Å². The Morgan fingerprint density at radius 3 is 2.06 bits per heavy atom. The lowest BCUT2D eigenvalue weighted by molar-refractivity contribution is -0.141. The van der Waals surface area contributed by atoms with Crippen molar-refractivity contribution >= 4 is 23.9 Å². The molecule has 0 aliphatic rings. The Kier molecular flexibility index (Phi) is 7.48. The maximum Gasteiger partial charge on any atom is 0.326 e. The molecule has 1 atom stereocenters. The maximum atomic E-state index is 13.2. The van der Waals surface area contributed by atoms with Gasteiger partial charge in [0.25, 0.3) is 11.8 Å². The second kappa shape index (κ2) is 10.7. The molecule has 0 saturated heterocycles. The highest BCUT2D eigenvalue weighted by molar-refractivity contribution is 6.06. The molecule has 162 valence electrons. The van der Waals surface area contributed by atoms with E-state index in [-0.39, 0.29) is 12.1 Å². The number of nitrogens with one attached hydrogen (secondary N) is 2. The molecule has 3 aromatic carbocycles. The molecule has 2 amide bonds. The molecule has 0 aromatic heterocycles. The van der Waals surface area contributed by atoms with Crippen LogP contribution in [0.1, 0.15) is 21.5 Å². The van der Waals surface area contributed by atoms with E-state index in [9.17, 15) is 23.9 Å². The SMILES string of the molecule is O=C(NC(Cc1ccccc1)C(=O)O)C(=Cc1ccc(F)cc1)NC(=O)c1ccccc1. The van der Waals surface area contributed by atoms with E-state index in [0.29, 0.717) is 11.1 Å². The first-order valence-corrected chi connectivity index (χ1v) is 9.83. The van der Waals surface area contributed by atoms with Crippen LogP contribution in [0.15, 0.2) is 90.6 Å². The highest BCUT2D eigenvalue weighted by atomic mass is 19.1. The van der Waals surface area contributed by atoms with Crippen molar-refractivity contribution in [2.45, 2.75) is 12.5 Å². The van der Waals surface area contributed by atoms with Crippen LogP contribution in [0.5, 0.6) is 0 Å². The van der Waals surface area contributed by atoms with Gasteiger partial charge in [-0.15, -0.1) is 0 Å². The minimum atomic E-state index is -1.21. The minimum Gasteiger partial charge on any atom is -0.480 e. The van der Waals surface area contributed by atoms with Gasteiger partial charge in [-0.3, -0.25) is 9.59 Å². The quantitative estimate of drug-likeness (QED) is 0.476. The molecule has 6 nitrogen and oxygen atoms in total. The summed E-state index contributed by atoms with van der Waals surface area (Å²) in [7, 11) is 0. The van der Waals surface area contributed by atoms with E-state index in [1.807, 2.05) is 0 Å². The highest BCUT2D eigenvalue weighted by Crippen LogP contribution is 2.10. The summed E-state index contributed by atoms with van der Waals surface area (Å²) in [6, 6.07) is 21.2. The number of rotatable bonds is 8. The molecule has 3 rings (SSSR count). The van der Waals surface area contributed by atoms with Gasteiger partial charge in [-0.1, -0.05) is 60.7 Å². The normalized spacial score (nSPS) is 12.0. The van der Waals surface area contributed by atoms with Crippen LogP contribution < -0.4 is 10.6 Å². The van der Waals surface area contributed by atoms with E-state index >= 15 is 0 Å². The molecule has 0 fully saturated rings. The Bertz CT molecular complexity index is 1110. The number of carbonyl (C=O) groups excluding carboxylic acids is 2. The zero-order chi connectivity index (χ0) is 22.9. The number of carbonyl (C=O) groups is 3. The average molecular weight is 432 g/mol. The molecule has 0 radical (unpaired) electrons. The van der Waals surface area contributed by atoms with Gasteiger partial charge >= 0.3 is 5.97 Å². The number of aliphatic carboxylic acids is 1. The largest absolute Gasteiger partial charge is 0.480 e. The summed E-state index contributed by atoms with van der Waals surface area (Å²) in [6.45, 7) is 0. The number of hydrogen-bond donors (Lipinski definition) is 3. The molecule has 0 bridgehead atoms. The lowest BCUT2D eigenvalue weighted by Gasteiger charge is -2.17. The van der Waals surface area contributed by atoms with Crippen molar-refractivity contribution in [2.75, 3.05) is 0 Å². The molecule has 32 heavy (non-hydrogen) atoms. The molecule has 3 N–H and O–H groups in total. The van der Waals surface area contributed by atoms with Crippen molar-refractivity contribution in [3.63, 3.8) is 0 Å². The van der Waals surface area contributed by atoms with Crippen LogP contribution in [0.4, 0.5) is 4.39 Å². The monoisotopic (exact) mass is 432 g/mol. The van der Waals surface area contributed by atoms with Gasteiger partial charge < -0.3 is 15.7 Å². The summed E-state index contributed by atoms with van der Waals surface area (Å²) >= 11 is 0. The molecule has 0 saturated carbocycles. The van der Waals surface area contributed by atoms with Crippen LogP contribution in [-0.2, 0) is 16.0 Å². The second-order valence-corrected chi connectivity index (χ2v) is 6.98. The van der Waals surface area contributed by atoms with Gasteiger partial charge in [-0.2, -0.15) is 0 Å². The number of halogens is 1. The van der Waals surface area contributed by atoms with Gasteiger partial charge in [-0.05, 0) is 41.5 Å². The van der Waals surface area contributed by atoms with Crippen molar-refractivity contribution < 1.29 is 23.9 Å². The number of carboxylic acids is 1. The molecular formula is C25H21FN2O4. The number of carboxylic acid groups (broad SMARTS) is 1. The van der Waals surface area contributed by atoms with E-state index in [2.05, 4.69) is 10.6 Å². The van der Waals surface area contributed by atoms with Crippen LogP contribution in [0.2, 0.25) is 0 Å². The molecule has 0 aliphatic carbocycles. The third-order valence-corrected chi connectivity index (χ3v) is 4.60. The Hall–Kier alpha value is -4.26. The first-order chi connectivity index (χ1) is 15.4. The first-order valence-electron chi connectivity index (χ1n) is 9.83. The standard InChI is InChI=1S/C25H21FN2O4/c26-20-13-11-18(12-14-20)15-21(27-23(29)19-9-5-2-6-10-19)24(30)28-22(25(31)32)16-17-7-3-1-4-8-17/h1-15,22H,16H2,(H,27,29)(H,28,30)(H,31,32). The fourth-order valence-corrected chi connectivity index (χ4v) is 2.95. The van der Waals surface area contributed by atoms with Gasteiger partial charge in [0, 0.05) is 12.0 Å². The van der Waals surface area contributed by atoms with E-state index in [0.717, 1.165) is 5.56 Å². The highest BCUT2D eigenvalue weighted by Gasteiger charge is 2.23. The number of amides is 2. The lowest BCUT2D eigenvalue weighted by Crippen LogP contribution is -2.45. The first kappa shape index (κ1) is 22.4. The van der Waals surface area contributed by atoms with Crippen LogP contribution in [0.3, 0.4) is 0 Å². The summed E-state index contributed by atoms with van der Waals surface area (Å²) in [5.41, 5.74) is 1.35. The number of benzene rings is 3. The van der Waals surface area contributed by atoms with Crippen LogP contribution in [0, 0.1) is 5.82 Å². The summed E-state index contributed by atoms with van der Waals surface area (Å²) in [6.07, 6.45) is 1.43. The Morgan fingerprint density at radius 1 is 0.875 bits per heavy atom. The van der Waals surface area contributed by atoms with Gasteiger partial charge in [0.1, 0.15) is 17.6 Å². The van der Waals surface area contributed by atoms with Crippen molar-refractivity contribution in [3.05, 3.63) is 113 Å². The zero-order valence-electron chi connectivity index (χ0n) is 17.0. The molecular weight excluding hydrogens is 411 g/mol. The fraction of sp³-hybridized carbons (Fsp3) is 0.0800. The second-order valence-electron chi connectivity index (χ2n) is 6.98. The fourth-order valence-electron chi connectivity index (χ4n) is 2.95. The number of hydrogen-bond acceptors (Lipinski definition) is 3. The summed E-state index contributed by atoms with van der Waals surface area (Å²) < 4.78 is 13.2. The van der Waals surface area contributed by atoms with Crippen molar-refractivity contribution in [3.8, 4) is 0 Å². The van der Waals surface area contributed by atoms with Crippen molar-refractivity contribution in [1.29, 1.82) is 0 Å². The van der Waals surface area contributed by atoms with Crippen molar-refractivity contribution in [1.82, 2.24) is 10.6 Å². The molecule has 0 spiro atoms. The summed E-state index contributed by atoms with van der Waals surface area (Å²) in [5.74, 6) is -2.97. The summed E-state index contributed by atoms with van der Waals surface area (Å²) in [4.78, 5) is 37.3. The Balaban J connectivity index is 1.85. The smallest absolute Gasteiger partial charge is 0.326 e. The van der Waals surface area contributed by atoms with Crippen LogP contribution in [0.25, 0.3) is 6.08 Å². The van der Waals surface area contributed by atoms with Gasteiger partial charge in [-0.25, -0.2) is 9.18 Å². The molecule has 1 unspecified atom stereocenters. The van der Waals surface area contributed by atoms with E-state index in [1.165, 1.54) is 30.3 Å². The van der Waals surface area contributed by atoms with E-state index in [4.69, 9.17) is 0 Å². The molecule has 0 heterocycles. The predicted molar refractivity (Wildman–Crippen MR) is 118 cm³/mol. The molecule has 7 heteroatoms. The summed E-state index contributed by atoms with van der Waals surface area (Å²) in [5, 5.41) is 14.6. The van der Waals surface area contributed by atoms with E-state index in [1.54, 1.807) is 60.7 Å². The Morgan fingerprint density at radius 2 is 1.47 bits per heavy atom.